The Labute approximate surface area is 144 Å². The van der Waals surface area contributed by atoms with E-state index in [2.05, 4.69) is 10.2 Å². The highest BCUT2D eigenvalue weighted by molar-refractivity contribution is 5.92. The molecule has 0 aliphatic rings. The van der Waals surface area contributed by atoms with Crippen molar-refractivity contribution in [1.82, 2.24) is 10.2 Å². The molecule has 0 saturated heterocycles. The van der Waals surface area contributed by atoms with Gasteiger partial charge in [0.2, 0.25) is 0 Å². The lowest BCUT2D eigenvalue weighted by Gasteiger charge is -2.19. The van der Waals surface area contributed by atoms with Crippen molar-refractivity contribution in [2.45, 2.75) is 19.3 Å². The molecule has 25 heavy (non-hydrogen) atoms. The minimum atomic E-state index is -0.418. The number of carbonyl (C=O) groups is 1. The number of hydrogen-bond donors (Lipinski definition) is 2. The summed E-state index contributed by atoms with van der Waals surface area (Å²) >= 11 is 0. The molecule has 0 unspecified atom stereocenters. The van der Waals surface area contributed by atoms with E-state index in [1.165, 1.54) is 7.11 Å². The summed E-state index contributed by atoms with van der Waals surface area (Å²) < 4.78 is 10.3. The van der Waals surface area contributed by atoms with Crippen LogP contribution in [0.4, 0.5) is 0 Å². The van der Waals surface area contributed by atoms with E-state index in [0.29, 0.717) is 11.3 Å². The summed E-state index contributed by atoms with van der Waals surface area (Å²) in [7, 11) is 2.97. The van der Waals surface area contributed by atoms with Crippen molar-refractivity contribution in [3.05, 3.63) is 63.6 Å². The van der Waals surface area contributed by atoms with E-state index in [4.69, 9.17) is 9.47 Å². The highest BCUT2D eigenvalue weighted by atomic mass is 16.5. The predicted molar refractivity (Wildman–Crippen MR) is 95.1 cm³/mol. The van der Waals surface area contributed by atoms with Crippen LogP contribution in [-0.2, 0) is 9.53 Å². The van der Waals surface area contributed by atoms with Gasteiger partial charge in [-0.2, -0.15) is 0 Å². The molecule has 6 nitrogen and oxygen atoms in total. The largest absolute Gasteiger partial charge is 0.496 e. The van der Waals surface area contributed by atoms with Gasteiger partial charge in [0.1, 0.15) is 5.75 Å². The Morgan fingerprint density at radius 2 is 1.80 bits per heavy atom. The van der Waals surface area contributed by atoms with Gasteiger partial charge in [0.05, 0.1) is 20.6 Å². The summed E-state index contributed by atoms with van der Waals surface area (Å²) in [5, 5.41) is 7.30. The van der Waals surface area contributed by atoms with Gasteiger partial charge in [-0.3, -0.25) is 14.7 Å². The fourth-order valence-corrected chi connectivity index (χ4v) is 3.27. The summed E-state index contributed by atoms with van der Waals surface area (Å²) in [6, 6.07) is 11.5. The third kappa shape index (κ3) is 3.03. The second-order valence-corrected chi connectivity index (χ2v) is 5.85. The summed E-state index contributed by atoms with van der Waals surface area (Å²) in [4.78, 5) is 24.3. The normalized spacial score (nSPS) is 12.1. The Bertz CT molecular complexity index is 971. The van der Waals surface area contributed by atoms with Crippen molar-refractivity contribution in [2.24, 2.45) is 0 Å². The molecule has 1 aromatic heterocycles. The van der Waals surface area contributed by atoms with Gasteiger partial charge in [-0.1, -0.05) is 30.3 Å². The van der Waals surface area contributed by atoms with Gasteiger partial charge in [-0.05, 0) is 23.9 Å². The lowest BCUT2D eigenvalue weighted by molar-refractivity contribution is -0.140. The quantitative estimate of drug-likeness (QED) is 0.700. The lowest BCUT2D eigenvalue weighted by atomic mass is 9.85. The number of ether oxygens (including phenoxy) is 2. The molecular weight excluding hydrogens is 320 g/mol. The molecule has 2 aromatic carbocycles. The van der Waals surface area contributed by atoms with E-state index in [0.717, 1.165) is 22.1 Å². The minimum absolute atomic E-state index is 0.0780. The molecule has 3 aromatic rings. The molecule has 0 aliphatic carbocycles. The number of aromatic amines is 2. The first kappa shape index (κ1) is 16.8. The fourth-order valence-electron chi connectivity index (χ4n) is 3.27. The zero-order valence-corrected chi connectivity index (χ0v) is 14.4. The molecule has 3 rings (SSSR count). The molecule has 1 atom stereocenters. The highest BCUT2D eigenvalue weighted by Crippen LogP contribution is 2.36. The second kappa shape index (κ2) is 6.84. The summed E-state index contributed by atoms with van der Waals surface area (Å²) in [6.45, 7) is 1.81. The maximum Gasteiger partial charge on any atom is 0.306 e. The molecule has 0 aliphatic heterocycles. The van der Waals surface area contributed by atoms with Gasteiger partial charge in [-0.15, -0.1) is 0 Å². The molecule has 0 radical (unpaired) electrons. The van der Waals surface area contributed by atoms with E-state index < -0.39 is 5.92 Å². The monoisotopic (exact) mass is 340 g/mol. The maximum atomic E-state index is 12.3. The second-order valence-electron chi connectivity index (χ2n) is 5.85. The van der Waals surface area contributed by atoms with Crippen LogP contribution in [0.3, 0.4) is 0 Å². The van der Waals surface area contributed by atoms with E-state index in [9.17, 15) is 9.59 Å². The van der Waals surface area contributed by atoms with Crippen LogP contribution < -0.4 is 10.3 Å². The van der Waals surface area contributed by atoms with Gasteiger partial charge < -0.3 is 14.6 Å². The predicted octanol–water partition coefficient (Wildman–Crippen LogP) is 2.87. The number of hydrogen-bond acceptors (Lipinski definition) is 4. The zero-order valence-electron chi connectivity index (χ0n) is 14.4. The van der Waals surface area contributed by atoms with E-state index >= 15 is 0 Å². The Balaban J connectivity index is 2.26. The van der Waals surface area contributed by atoms with Crippen LogP contribution in [0.5, 0.6) is 5.75 Å². The minimum Gasteiger partial charge on any atom is -0.496 e. The number of nitrogens with one attached hydrogen (secondary N) is 2. The molecule has 0 saturated carbocycles. The van der Waals surface area contributed by atoms with E-state index in [1.807, 2.05) is 43.3 Å². The number of benzene rings is 2. The van der Waals surface area contributed by atoms with E-state index in [-0.39, 0.29) is 17.9 Å². The van der Waals surface area contributed by atoms with Crippen LogP contribution in [0, 0.1) is 6.92 Å². The number of carbonyl (C=O) groups excluding carboxylic acids is 1. The average Bonchev–Trinajstić information content (AvgIpc) is 2.97. The first-order chi connectivity index (χ1) is 12.1. The first-order valence-corrected chi connectivity index (χ1v) is 7.96. The lowest BCUT2D eigenvalue weighted by Crippen LogP contribution is -2.17. The number of fused-ring (bicyclic) bond motifs is 1. The summed E-state index contributed by atoms with van der Waals surface area (Å²) in [6.07, 6.45) is 0.0780. The van der Waals surface area contributed by atoms with Gasteiger partial charge in [0, 0.05) is 22.6 Å². The maximum absolute atomic E-state index is 12.3. The van der Waals surface area contributed by atoms with Crippen LogP contribution in [0.25, 0.3) is 10.8 Å². The fraction of sp³-hybridized carbons (Fsp3) is 0.263. The first-order valence-electron chi connectivity index (χ1n) is 7.96. The van der Waals surface area contributed by atoms with Gasteiger partial charge in [0.15, 0.2) is 0 Å². The summed E-state index contributed by atoms with van der Waals surface area (Å²) in [5.41, 5.74) is 1.90. The molecular formula is C19H20N2O4. The number of esters is 1. The number of aromatic nitrogens is 2. The van der Waals surface area contributed by atoms with Gasteiger partial charge in [0.25, 0.3) is 5.56 Å². The van der Waals surface area contributed by atoms with Crippen LogP contribution in [-0.4, -0.2) is 30.4 Å². The Morgan fingerprint density at radius 1 is 1.08 bits per heavy atom. The van der Waals surface area contributed by atoms with Crippen LogP contribution in [0.2, 0.25) is 0 Å². The molecule has 0 spiro atoms. The molecule has 0 amide bonds. The van der Waals surface area contributed by atoms with Crippen molar-refractivity contribution in [3.63, 3.8) is 0 Å². The Kier molecular flexibility index (Phi) is 4.61. The molecule has 1 heterocycles. The summed E-state index contributed by atoms with van der Waals surface area (Å²) in [5.74, 6) is -0.0426. The smallest absolute Gasteiger partial charge is 0.306 e. The number of H-pyrrole nitrogens is 2. The highest BCUT2D eigenvalue weighted by Gasteiger charge is 2.26. The number of methoxy groups -OCH3 is 2. The van der Waals surface area contributed by atoms with Crippen LogP contribution >= 0.6 is 0 Å². The molecule has 6 heteroatoms. The third-order valence-electron chi connectivity index (χ3n) is 4.47. The molecule has 0 bridgehead atoms. The number of aryl methyl sites for hydroxylation is 1. The van der Waals surface area contributed by atoms with Gasteiger partial charge in [-0.25, -0.2) is 0 Å². The Hall–Kier alpha value is -3.02. The molecule has 0 fully saturated rings. The Morgan fingerprint density at radius 3 is 2.40 bits per heavy atom. The molecule has 2 N–H and O–H groups in total. The standard InChI is InChI=1S/C19H20N2O4/c1-11-18(19(23)21-20-11)15(10-17(22)25-3)13-8-9-16(24-2)14-7-5-4-6-12(13)14/h4-9,15H,10H2,1-3H3,(H2,20,21,23)/t15-/m1/s1. The third-order valence-corrected chi connectivity index (χ3v) is 4.47. The van der Waals surface area contributed by atoms with Crippen molar-refractivity contribution in [2.75, 3.05) is 14.2 Å². The van der Waals surface area contributed by atoms with Crippen molar-refractivity contribution in [1.29, 1.82) is 0 Å². The van der Waals surface area contributed by atoms with Gasteiger partial charge >= 0.3 is 5.97 Å². The SMILES string of the molecule is COC(=O)C[C@@H](c1c(C)[nH][nH]c1=O)c1ccc(OC)c2ccccc12. The topological polar surface area (TPSA) is 84.2 Å². The van der Waals surface area contributed by atoms with Crippen molar-refractivity contribution >= 4 is 16.7 Å². The van der Waals surface area contributed by atoms with Crippen LogP contribution in [0.1, 0.15) is 29.2 Å². The van der Waals surface area contributed by atoms with Crippen molar-refractivity contribution < 1.29 is 14.3 Å². The zero-order chi connectivity index (χ0) is 18.0. The van der Waals surface area contributed by atoms with Crippen LogP contribution in [0.15, 0.2) is 41.2 Å². The number of rotatable bonds is 5. The molecule has 130 valence electrons. The van der Waals surface area contributed by atoms with E-state index in [1.54, 1.807) is 7.11 Å². The van der Waals surface area contributed by atoms with Crippen molar-refractivity contribution in [3.8, 4) is 5.75 Å². The average molecular weight is 340 g/mol.